The van der Waals surface area contributed by atoms with Gasteiger partial charge in [-0.1, -0.05) is 0 Å². The Morgan fingerprint density at radius 2 is 1.00 bits per heavy atom. The van der Waals surface area contributed by atoms with Gasteiger partial charge in [0.1, 0.15) is 0 Å². The maximum Gasteiger partial charge on any atom is 1.00 e. The Morgan fingerprint density at radius 3 is 1.00 bits per heavy atom. The first-order valence-corrected chi connectivity index (χ1v) is 2.00. The van der Waals surface area contributed by atoms with Crippen molar-refractivity contribution >= 4 is 10.4 Å². The van der Waals surface area contributed by atoms with Gasteiger partial charge in [0.15, 0.2) is 0 Å². The topological polar surface area (TPSA) is 80.3 Å². The van der Waals surface area contributed by atoms with Crippen molar-refractivity contribution in [1.82, 2.24) is 0 Å². The summed E-state index contributed by atoms with van der Waals surface area (Å²) in [7, 11) is -5.17. The molecular weight excluding hydrogens is 497 g/mol. The molecule has 7 heteroatoms. The Hall–Kier alpha value is 1.74. The van der Waals surface area contributed by atoms with Crippen molar-refractivity contribution in [3.05, 3.63) is 0 Å². The average molecular weight is 497 g/mol. The summed E-state index contributed by atoms with van der Waals surface area (Å²) in [5.74, 6) is 0. The fourth-order valence-corrected chi connectivity index (χ4v) is 0. The third-order valence-electron chi connectivity index (χ3n) is 0. The molecule has 0 aromatic carbocycles. The quantitative estimate of drug-likeness (QED) is 0.236. The van der Waals surface area contributed by atoms with E-state index in [0.29, 0.717) is 0 Å². The molecule has 0 unspecified atom stereocenters. The van der Waals surface area contributed by atoms with Crippen LogP contribution in [0.4, 0.5) is 0 Å². The van der Waals surface area contributed by atoms with E-state index in [1.165, 1.54) is 0 Å². The van der Waals surface area contributed by atoms with Crippen LogP contribution in [-0.2, 0) is 65.7 Å². The fraction of sp³-hybridized carbons (Fsp3) is 0. The summed E-state index contributed by atoms with van der Waals surface area (Å²) in [6, 6.07) is 0. The zero-order valence-corrected chi connectivity index (χ0v) is 15.3. The Kier molecular flexibility index (Phi) is 13.3. The molecule has 0 saturated heterocycles. The maximum atomic E-state index is 8.52. The third kappa shape index (κ3) is 84.2. The van der Waals surface area contributed by atoms with Crippen molar-refractivity contribution in [3.63, 3.8) is 0 Å². The molecule has 0 heterocycles. The van der Waals surface area contributed by atoms with Gasteiger partial charge in [-0.25, -0.2) is 0 Å². The molecule has 2 radical (unpaired) electrons. The molecule has 0 amide bonds. The largest absolute Gasteiger partial charge is 1.00 e. The minimum atomic E-state index is -5.17. The smallest absolute Gasteiger partial charge is 0.759 e. The minimum absolute atomic E-state index is 0. The molecule has 34 valence electrons. The number of hydrogen-bond donors (Lipinski definition) is 0. The predicted octanol–water partition coefficient (Wildman–Crippen LogP) is -1.34. The summed E-state index contributed by atoms with van der Waals surface area (Å²) in [6.45, 7) is 0. The normalized spacial score (nSPS) is 8.29. The molecule has 7 heavy (non-hydrogen) atoms. The Balaban J connectivity index is -0.0000000800. The van der Waals surface area contributed by atoms with Gasteiger partial charge in [-0.15, -0.1) is 0 Å². The fourth-order valence-electron chi connectivity index (χ4n) is 0. The van der Waals surface area contributed by atoms with E-state index in [4.69, 9.17) is 17.5 Å². The summed E-state index contributed by atoms with van der Waals surface area (Å²) in [5, 5.41) is 0. The zero-order chi connectivity index (χ0) is 4.50. The summed E-state index contributed by atoms with van der Waals surface area (Å²) in [5.41, 5.74) is 0. The van der Waals surface area contributed by atoms with Gasteiger partial charge in [0, 0.05) is 10.4 Å². The summed E-state index contributed by atoms with van der Waals surface area (Å²) < 4.78 is 34.1. The van der Waals surface area contributed by atoms with Crippen LogP contribution >= 0.6 is 0 Å². The van der Waals surface area contributed by atoms with Crippen molar-refractivity contribution in [3.8, 4) is 0 Å². The van der Waals surface area contributed by atoms with Gasteiger partial charge in [-0.3, -0.25) is 8.42 Å². The van der Waals surface area contributed by atoms with E-state index in [0.717, 1.165) is 0 Å². The Labute approximate surface area is 82.3 Å². The van der Waals surface area contributed by atoms with Gasteiger partial charge in [0.05, 0.1) is 0 Å². The second-order valence-corrected chi connectivity index (χ2v) is 1.22. The van der Waals surface area contributed by atoms with Crippen molar-refractivity contribution in [2.45, 2.75) is 0 Å². The monoisotopic (exact) mass is 500 g/mol. The first-order valence-electron chi connectivity index (χ1n) is 0.667. The van der Waals surface area contributed by atoms with Crippen LogP contribution in [0.2, 0.25) is 0 Å². The standard InChI is InChI=1S/2Hg.H2O4S/c;;1-5(2,3)4/h;;(H2,1,2,3,4)/q2*+1;/p-2. The van der Waals surface area contributed by atoms with Crippen LogP contribution in [-0.4, -0.2) is 17.5 Å². The summed E-state index contributed by atoms with van der Waals surface area (Å²) in [4.78, 5) is 0. The molecule has 0 aromatic rings. The van der Waals surface area contributed by atoms with Gasteiger partial charge in [0.2, 0.25) is 0 Å². The average Bonchev–Trinajstić information content (AvgIpc) is 0.722. The molecule has 0 N–H and O–H groups in total. The molecule has 0 aromatic heterocycles. The van der Waals surface area contributed by atoms with Crippen LogP contribution in [0.15, 0.2) is 0 Å². The SMILES string of the molecule is O=S(=O)([O-])[O-].[Hg+].[Hg+]. The van der Waals surface area contributed by atoms with E-state index in [1.54, 1.807) is 0 Å². The molecule has 0 bridgehead atoms. The van der Waals surface area contributed by atoms with E-state index < -0.39 is 10.4 Å². The van der Waals surface area contributed by atoms with Gasteiger partial charge in [0.25, 0.3) is 0 Å². The second kappa shape index (κ2) is 5.87. The van der Waals surface area contributed by atoms with E-state index in [1.807, 2.05) is 0 Å². The number of hydrogen-bond acceptors (Lipinski definition) is 4. The van der Waals surface area contributed by atoms with E-state index in [2.05, 4.69) is 0 Å². The van der Waals surface area contributed by atoms with Crippen LogP contribution < -0.4 is 0 Å². The predicted molar refractivity (Wildman–Crippen MR) is 10.5 cm³/mol. The first kappa shape index (κ1) is 15.9. The molecular formula is Hg2O4S. The first-order chi connectivity index (χ1) is 2.00. The third-order valence-corrected chi connectivity index (χ3v) is 0. The summed E-state index contributed by atoms with van der Waals surface area (Å²) in [6.07, 6.45) is 0. The van der Waals surface area contributed by atoms with Crippen molar-refractivity contribution in [2.75, 3.05) is 0 Å². The van der Waals surface area contributed by atoms with Crippen LogP contribution in [0.1, 0.15) is 0 Å². The van der Waals surface area contributed by atoms with E-state index in [9.17, 15) is 0 Å². The van der Waals surface area contributed by atoms with Crippen molar-refractivity contribution in [2.24, 2.45) is 0 Å². The van der Waals surface area contributed by atoms with Crippen LogP contribution in [0.3, 0.4) is 0 Å². The minimum Gasteiger partial charge on any atom is -0.759 e. The number of rotatable bonds is 0. The van der Waals surface area contributed by atoms with Gasteiger partial charge < -0.3 is 9.11 Å². The second-order valence-electron chi connectivity index (χ2n) is 0.408. The zero-order valence-electron chi connectivity index (χ0n) is 3.46. The van der Waals surface area contributed by atoms with Gasteiger partial charge in [-0.2, -0.15) is 0 Å². The van der Waals surface area contributed by atoms with Crippen LogP contribution in [0.5, 0.6) is 0 Å². The molecule has 0 atom stereocenters. The maximum absolute atomic E-state index is 8.52. The van der Waals surface area contributed by atoms with E-state index in [-0.39, 0.29) is 55.3 Å². The molecule has 0 spiro atoms. The van der Waals surface area contributed by atoms with Gasteiger partial charge >= 0.3 is 55.3 Å². The van der Waals surface area contributed by atoms with E-state index >= 15 is 0 Å². The Bertz CT molecular complexity index is 92.9. The molecule has 4 nitrogen and oxygen atoms in total. The molecule has 0 fully saturated rings. The van der Waals surface area contributed by atoms with Gasteiger partial charge in [-0.05, 0) is 0 Å². The molecule has 0 aliphatic heterocycles. The van der Waals surface area contributed by atoms with Crippen molar-refractivity contribution in [1.29, 1.82) is 0 Å². The summed E-state index contributed by atoms with van der Waals surface area (Å²) >= 11 is 0. The molecule has 0 rings (SSSR count). The van der Waals surface area contributed by atoms with Crippen LogP contribution in [0, 0.1) is 0 Å². The van der Waals surface area contributed by atoms with Crippen LogP contribution in [0.25, 0.3) is 0 Å². The molecule has 0 aliphatic carbocycles. The molecule has 0 saturated carbocycles. The van der Waals surface area contributed by atoms with Crippen molar-refractivity contribution < 1.29 is 72.9 Å². The Morgan fingerprint density at radius 1 is 1.00 bits per heavy atom. The molecule has 0 aliphatic rings.